The second kappa shape index (κ2) is 5.63. The van der Waals surface area contributed by atoms with Crippen LogP contribution in [0.4, 0.5) is 0 Å². The van der Waals surface area contributed by atoms with Crippen molar-refractivity contribution in [3.05, 3.63) is 72.4 Å². The van der Waals surface area contributed by atoms with Crippen molar-refractivity contribution >= 4 is 5.91 Å². The SMILES string of the molecule is CNC(=O)c1cccc(-n2nccc2-c2ccccc2)c1. The number of hydrogen-bond donors (Lipinski definition) is 1. The van der Waals surface area contributed by atoms with Gasteiger partial charge in [-0.3, -0.25) is 4.79 Å². The molecule has 0 aliphatic carbocycles. The first-order chi connectivity index (χ1) is 10.3. The van der Waals surface area contributed by atoms with Crippen molar-refractivity contribution in [1.29, 1.82) is 0 Å². The minimum Gasteiger partial charge on any atom is -0.355 e. The highest BCUT2D eigenvalue weighted by atomic mass is 16.1. The summed E-state index contributed by atoms with van der Waals surface area (Å²) in [5.74, 6) is -0.106. The van der Waals surface area contributed by atoms with Gasteiger partial charge in [0.15, 0.2) is 0 Å². The van der Waals surface area contributed by atoms with Crippen molar-refractivity contribution in [3.63, 3.8) is 0 Å². The molecule has 1 heterocycles. The van der Waals surface area contributed by atoms with Crippen molar-refractivity contribution in [1.82, 2.24) is 15.1 Å². The van der Waals surface area contributed by atoms with E-state index in [9.17, 15) is 4.79 Å². The fourth-order valence-electron chi connectivity index (χ4n) is 2.26. The van der Waals surface area contributed by atoms with Gasteiger partial charge in [0.1, 0.15) is 0 Å². The fraction of sp³-hybridized carbons (Fsp3) is 0.0588. The number of nitrogens with zero attached hydrogens (tertiary/aromatic N) is 2. The predicted molar refractivity (Wildman–Crippen MR) is 82.4 cm³/mol. The molecular formula is C17H15N3O. The van der Waals surface area contributed by atoms with Crippen LogP contribution in [0.2, 0.25) is 0 Å². The van der Waals surface area contributed by atoms with Gasteiger partial charge >= 0.3 is 0 Å². The molecule has 2 aromatic carbocycles. The van der Waals surface area contributed by atoms with E-state index in [1.807, 2.05) is 59.3 Å². The number of nitrogens with one attached hydrogen (secondary N) is 1. The number of carbonyl (C=O) groups is 1. The van der Waals surface area contributed by atoms with E-state index in [0.29, 0.717) is 5.56 Å². The lowest BCUT2D eigenvalue weighted by atomic mass is 10.1. The summed E-state index contributed by atoms with van der Waals surface area (Å²) in [4.78, 5) is 11.7. The van der Waals surface area contributed by atoms with Crippen LogP contribution < -0.4 is 5.32 Å². The molecule has 0 fully saturated rings. The highest BCUT2D eigenvalue weighted by Crippen LogP contribution is 2.22. The first-order valence-corrected chi connectivity index (χ1v) is 6.71. The third-order valence-corrected chi connectivity index (χ3v) is 3.29. The third-order valence-electron chi connectivity index (χ3n) is 3.29. The van der Waals surface area contributed by atoms with Crippen molar-refractivity contribution in [2.24, 2.45) is 0 Å². The molecule has 4 heteroatoms. The first-order valence-electron chi connectivity index (χ1n) is 6.71. The number of aromatic nitrogens is 2. The average Bonchev–Trinajstić information content (AvgIpc) is 3.04. The number of carbonyl (C=O) groups excluding carboxylic acids is 1. The molecule has 4 nitrogen and oxygen atoms in total. The smallest absolute Gasteiger partial charge is 0.251 e. The summed E-state index contributed by atoms with van der Waals surface area (Å²) in [5.41, 5.74) is 3.55. The van der Waals surface area contributed by atoms with Crippen LogP contribution in [0.1, 0.15) is 10.4 Å². The summed E-state index contributed by atoms with van der Waals surface area (Å²) < 4.78 is 1.84. The van der Waals surface area contributed by atoms with Crippen molar-refractivity contribution < 1.29 is 4.79 Å². The van der Waals surface area contributed by atoms with Crippen LogP contribution >= 0.6 is 0 Å². The van der Waals surface area contributed by atoms with E-state index in [1.165, 1.54) is 0 Å². The summed E-state index contributed by atoms with van der Waals surface area (Å²) in [5, 5.41) is 7.01. The van der Waals surface area contributed by atoms with Gasteiger partial charge < -0.3 is 5.32 Å². The van der Waals surface area contributed by atoms with E-state index in [-0.39, 0.29) is 5.91 Å². The molecule has 0 aliphatic heterocycles. The minimum atomic E-state index is -0.106. The molecule has 0 aliphatic rings. The lowest BCUT2D eigenvalue weighted by Gasteiger charge is -2.09. The van der Waals surface area contributed by atoms with Crippen LogP contribution in [-0.2, 0) is 0 Å². The topological polar surface area (TPSA) is 46.9 Å². The Morgan fingerprint density at radius 3 is 2.62 bits per heavy atom. The van der Waals surface area contributed by atoms with Gasteiger partial charge in [0, 0.05) is 18.2 Å². The molecule has 0 unspecified atom stereocenters. The van der Waals surface area contributed by atoms with Crippen LogP contribution in [0.5, 0.6) is 0 Å². The Labute approximate surface area is 123 Å². The number of amides is 1. The van der Waals surface area contributed by atoms with Crippen molar-refractivity contribution in [2.75, 3.05) is 7.05 Å². The summed E-state index contributed by atoms with van der Waals surface area (Å²) >= 11 is 0. The molecule has 0 bridgehead atoms. The van der Waals surface area contributed by atoms with Gasteiger partial charge in [-0.25, -0.2) is 4.68 Å². The largest absolute Gasteiger partial charge is 0.355 e. The maximum atomic E-state index is 11.7. The number of benzene rings is 2. The molecule has 0 atom stereocenters. The number of rotatable bonds is 3. The molecule has 1 aromatic heterocycles. The normalized spacial score (nSPS) is 10.3. The molecule has 1 N–H and O–H groups in total. The van der Waals surface area contributed by atoms with Gasteiger partial charge in [-0.2, -0.15) is 5.10 Å². The molecular weight excluding hydrogens is 262 g/mol. The summed E-state index contributed by atoms with van der Waals surface area (Å²) in [6.07, 6.45) is 1.76. The second-order valence-electron chi connectivity index (χ2n) is 4.62. The van der Waals surface area contributed by atoms with Crippen LogP contribution in [0.3, 0.4) is 0 Å². The van der Waals surface area contributed by atoms with E-state index >= 15 is 0 Å². The molecule has 21 heavy (non-hydrogen) atoms. The number of hydrogen-bond acceptors (Lipinski definition) is 2. The zero-order valence-electron chi connectivity index (χ0n) is 11.7. The Morgan fingerprint density at radius 1 is 1.05 bits per heavy atom. The summed E-state index contributed by atoms with van der Waals surface area (Å²) in [7, 11) is 1.62. The Balaban J connectivity index is 2.07. The zero-order valence-corrected chi connectivity index (χ0v) is 11.7. The molecule has 0 radical (unpaired) electrons. The quantitative estimate of drug-likeness (QED) is 0.800. The van der Waals surface area contributed by atoms with E-state index in [0.717, 1.165) is 16.9 Å². The monoisotopic (exact) mass is 277 g/mol. The van der Waals surface area contributed by atoms with Crippen LogP contribution in [0, 0.1) is 0 Å². The molecule has 0 spiro atoms. The van der Waals surface area contributed by atoms with Crippen molar-refractivity contribution in [3.8, 4) is 16.9 Å². The average molecular weight is 277 g/mol. The van der Waals surface area contributed by atoms with E-state index in [2.05, 4.69) is 10.4 Å². The highest BCUT2D eigenvalue weighted by molar-refractivity contribution is 5.94. The summed E-state index contributed by atoms with van der Waals surface area (Å²) in [6.45, 7) is 0. The summed E-state index contributed by atoms with van der Waals surface area (Å²) in [6, 6.07) is 19.4. The second-order valence-corrected chi connectivity index (χ2v) is 4.62. The Kier molecular flexibility index (Phi) is 3.51. The van der Waals surface area contributed by atoms with Crippen LogP contribution in [0.25, 0.3) is 16.9 Å². The molecule has 3 aromatic rings. The predicted octanol–water partition coefficient (Wildman–Crippen LogP) is 2.90. The van der Waals surface area contributed by atoms with Gasteiger partial charge in [-0.05, 0) is 24.3 Å². The minimum absolute atomic E-state index is 0.106. The maximum Gasteiger partial charge on any atom is 0.251 e. The first kappa shape index (κ1) is 13.1. The molecule has 0 saturated heterocycles. The molecule has 3 rings (SSSR count). The Hall–Kier alpha value is -2.88. The maximum absolute atomic E-state index is 11.7. The van der Waals surface area contributed by atoms with E-state index < -0.39 is 0 Å². The van der Waals surface area contributed by atoms with Gasteiger partial charge in [0.25, 0.3) is 5.91 Å². The Bertz CT molecular complexity index is 762. The van der Waals surface area contributed by atoms with Gasteiger partial charge in [0.05, 0.1) is 17.6 Å². The third kappa shape index (κ3) is 2.56. The lowest BCUT2D eigenvalue weighted by molar-refractivity contribution is 0.0963. The molecule has 1 amide bonds. The van der Waals surface area contributed by atoms with Crippen molar-refractivity contribution in [2.45, 2.75) is 0 Å². The van der Waals surface area contributed by atoms with Crippen LogP contribution in [-0.4, -0.2) is 22.7 Å². The Morgan fingerprint density at radius 2 is 1.86 bits per heavy atom. The molecule has 104 valence electrons. The zero-order chi connectivity index (χ0) is 14.7. The van der Waals surface area contributed by atoms with Gasteiger partial charge in [0.2, 0.25) is 0 Å². The van der Waals surface area contributed by atoms with Gasteiger partial charge in [-0.1, -0.05) is 36.4 Å². The lowest BCUT2D eigenvalue weighted by Crippen LogP contribution is -2.18. The van der Waals surface area contributed by atoms with Gasteiger partial charge in [-0.15, -0.1) is 0 Å². The van der Waals surface area contributed by atoms with Crippen LogP contribution in [0.15, 0.2) is 66.9 Å². The van der Waals surface area contributed by atoms with E-state index in [4.69, 9.17) is 0 Å². The fourth-order valence-corrected chi connectivity index (χ4v) is 2.26. The highest BCUT2D eigenvalue weighted by Gasteiger charge is 2.09. The standard InChI is InChI=1S/C17H15N3O/c1-18-17(21)14-8-5-9-15(12-14)20-16(10-11-19-20)13-6-3-2-4-7-13/h2-12H,1H3,(H,18,21). The molecule has 0 saturated carbocycles. The van der Waals surface area contributed by atoms with E-state index in [1.54, 1.807) is 19.3 Å².